The van der Waals surface area contributed by atoms with Crippen LogP contribution in [0, 0.1) is 108 Å². The number of carboxylic acid groups (broad SMARTS) is 1. The lowest BCUT2D eigenvalue weighted by atomic mass is 9.19. The Morgan fingerprint density at radius 3 is 2.47 bits per heavy atom. The summed E-state index contributed by atoms with van der Waals surface area (Å²) in [6.07, 6.45) is 3.87. The molecule has 27 unspecified atom stereocenters. The molecule has 6 saturated carbocycles. The Labute approximate surface area is 471 Å². The summed E-state index contributed by atoms with van der Waals surface area (Å²) in [6.45, 7) is 8.28. The lowest BCUT2D eigenvalue weighted by Crippen LogP contribution is -2.82. The molecule has 2 aromatic heterocycles. The number of carbonyl (C=O) groups is 2. The third-order valence-electron chi connectivity index (χ3n) is 26.1. The number of hydrogen-bond acceptors (Lipinski definition) is 16. The Balaban J connectivity index is 1.07. The number of aromatic amines is 2. The third-order valence-corrected chi connectivity index (χ3v) is 26.1. The predicted molar refractivity (Wildman–Crippen MR) is 289 cm³/mol. The van der Waals surface area contributed by atoms with Crippen molar-refractivity contribution >= 4 is 17.7 Å². The molecule has 14 rings (SSSR count). The molecule has 2 saturated heterocycles. The summed E-state index contributed by atoms with van der Waals surface area (Å²) in [5, 5.41) is 114. The van der Waals surface area contributed by atoms with Crippen LogP contribution in [-0.2, 0) is 25.5 Å². The number of carbonyl (C=O) groups excluding carboxylic acids is 1. The number of imidazole rings is 2. The van der Waals surface area contributed by atoms with Gasteiger partial charge in [0, 0.05) is 83.3 Å². The minimum Gasteiger partial charge on any atom is -0.481 e. The maximum atomic E-state index is 15.9. The van der Waals surface area contributed by atoms with Gasteiger partial charge in [-0.15, -0.1) is 0 Å². The van der Waals surface area contributed by atoms with Crippen molar-refractivity contribution in [2.45, 2.75) is 166 Å². The van der Waals surface area contributed by atoms with Crippen LogP contribution >= 0.6 is 0 Å². The van der Waals surface area contributed by atoms with Crippen LogP contribution in [0.2, 0.25) is 0 Å². The molecule has 1 amide bonds. The molecule has 2 aromatic rings. The fraction of sp³-hybridized carbons (Fsp3) is 0.770. The number of ether oxygens (including phenoxy) is 2. The minimum atomic E-state index is -1.71. The molecule has 0 radical (unpaired) electrons. The maximum Gasteiger partial charge on any atom is 0.310 e. The Bertz CT molecular complexity index is 3020. The van der Waals surface area contributed by atoms with E-state index in [1.807, 2.05) is 6.92 Å². The van der Waals surface area contributed by atoms with Gasteiger partial charge in [-0.3, -0.25) is 9.59 Å². The maximum absolute atomic E-state index is 15.9. The highest BCUT2D eigenvalue weighted by Gasteiger charge is 2.87. The van der Waals surface area contributed by atoms with Gasteiger partial charge >= 0.3 is 5.97 Å². The summed E-state index contributed by atoms with van der Waals surface area (Å²) < 4.78 is 12.9. The molecule has 3 bridgehead atoms. The number of aliphatic hydroxyl groups is 8. The Hall–Kier alpha value is -4.24. The fourth-order valence-electron chi connectivity index (χ4n) is 23.3. The third kappa shape index (κ3) is 6.50. The van der Waals surface area contributed by atoms with E-state index in [9.17, 15) is 50.8 Å². The summed E-state index contributed by atoms with van der Waals surface area (Å²) in [6, 6.07) is -0.819. The number of aliphatic carboxylic acids is 1. The zero-order valence-corrected chi connectivity index (χ0v) is 46.8. The number of nitrogens with one attached hydrogen (secondary N) is 4. The molecule has 5 heterocycles. The molecule has 81 heavy (non-hydrogen) atoms. The number of carboxylic acids is 1. The Morgan fingerprint density at radius 1 is 0.938 bits per heavy atom. The van der Waals surface area contributed by atoms with Gasteiger partial charge in [-0.25, -0.2) is 9.97 Å². The normalized spacial score (nSPS) is 51.5. The lowest BCUT2D eigenvalue weighted by Gasteiger charge is -2.84. The van der Waals surface area contributed by atoms with Crippen molar-refractivity contribution in [1.82, 2.24) is 25.3 Å². The van der Waals surface area contributed by atoms with Gasteiger partial charge in [-0.2, -0.15) is 0 Å². The van der Waals surface area contributed by atoms with Crippen molar-refractivity contribution in [2.75, 3.05) is 31.7 Å². The number of amides is 1. The minimum absolute atomic E-state index is 0.0944. The van der Waals surface area contributed by atoms with Crippen LogP contribution < -0.4 is 16.4 Å². The van der Waals surface area contributed by atoms with E-state index in [1.165, 1.54) is 11.9 Å². The number of rotatable bonds is 10. The molecule has 27 atom stereocenters. The van der Waals surface area contributed by atoms with Gasteiger partial charge in [0.2, 0.25) is 5.91 Å². The first-order chi connectivity index (χ1) is 38.6. The van der Waals surface area contributed by atoms with Gasteiger partial charge in [0.05, 0.1) is 60.7 Å². The van der Waals surface area contributed by atoms with E-state index in [1.54, 1.807) is 12.5 Å². The Morgan fingerprint density at radius 2 is 1.74 bits per heavy atom. The van der Waals surface area contributed by atoms with Crippen LogP contribution in [0.15, 0.2) is 42.1 Å². The molecular formula is C61H83N7O13. The van der Waals surface area contributed by atoms with Crippen LogP contribution in [-0.4, -0.2) is 159 Å². The predicted octanol–water partition coefficient (Wildman–Crippen LogP) is 2.06. The standard InChI is InChI=1S/C61H83N7O13/c1-54(24-69)14-15-59(53(78)79)34(20-54)32-17-29-8-7-28-6-5-11-58(28)43(45(68-52(58)77)42(37-22-63-26-65-37)38(71)19-41(62)73)31-16-30-9-13-60(32,33-18-36-50(67-27-66-36)64-21-35(33)59)56(3)12-10-40-55(2,25-70)49(47(75)44(31)57(40,4)61(29,30)56)81-51-48(76)46(74)39(72)23-80-51/h16-17,22,26-29,31,33-35,38-49,51,64,69-76H,5-6,9-15,18-21,23-25,62H2,1-4H3,(H,63,65)(H,66,67)(H,68,77)(H,78,79). The number of fused-ring (bicyclic) bond motifs is 6. The number of nitrogens with zero attached hydrogens (tertiary/aromatic N) is 2. The summed E-state index contributed by atoms with van der Waals surface area (Å²) in [4.78, 5) is 46.6. The van der Waals surface area contributed by atoms with E-state index in [4.69, 9.17) is 20.2 Å². The van der Waals surface area contributed by atoms with E-state index < -0.39 is 158 Å². The second-order valence-corrected chi connectivity index (χ2v) is 28.6. The van der Waals surface area contributed by atoms with Crippen LogP contribution in [0.1, 0.15) is 116 Å². The second kappa shape index (κ2) is 18.1. The van der Waals surface area contributed by atoms with Crippen molar-refractivity contribution in [2.24, 2.45) is 102 Å². The Kier molecular flexibility index (Phi) is 12.2. The zero-order valence-electron chi connectivity index (χ0n) is 46.8. The summed E-state index contributed by atoms with van der Waals surface area (Å²) >= 11 is 0. The van der Waals surface area contributed by atoms with E-state index in [2.05, 4.69) is 70.3 Å². The first-order valence-electron chi connectivity index (χ1n) is 30.2. The summed E-state index contributed by atoms with van der Waals surface area (Å²) in [5.41, 5.74) is 2.25. The van der Waals surface area contributed by atoms with Crippen LogP contribution in [0.4, 0.5) is 5.82 Å². The average molecular weight is 1120 g/mol. The van der Waals surface area contributed by atoms with Crippen LogP contribution in [0.3, 0.4) is 0 Å². The van der Waals surface area contributed by atoms with Gasteiger partial charge in [0.1, 0.15) is 30.4 Å². The molecule has 440 valence electrons. The average Bonchev–Trinajstić information content (AvgIpc) is 0.910. The van der Waals surface area contributed by atoms with Crippen molar-refractivity contribution in [3.63, 3.8) is 0 Å². The van der Waals surface area contributed by atoms with E-state index in [0.717, 1.165) is 17.1 Å². The molecular weight excluding hydrogens is 1040 g/mol. The van der Waals surface area contributed by atoms with Crippen molar-refractivity contribution in [3.05, 3.63) is 53.5 Å². The van der Waals surface area contributed by atoms with Gasteiger partial charge in [0.25, 0.3) is 0 Å². The molecule has 20 nitrogen and oxygen atoms in total. The second-order valence-electron chi connectivity index (χ2n) is 28.6. The van der Waals surface area contributed by atoms with Crippen LogP contribution in [0.25, 0.3) is 0 Å². The highest BCUT2D eigenvalue weighted by molar-refractivity contribution is 5.88. The molecule has 8 fully saturated rings. The van der Waals surface area contributed by atoms with E-state index in [0.29, 0.717) is 82.9 Å². The monoisotopic (exact) mass is 1120 g/mol. The highest BCUT2D eigenvalue weighted by atomic mass is 16.7. The first kappa shape index (κ1) is 54.7. The number of allylic oxidation sites excluding steroid dienone is 4. The fourth-order valence-corrected chi connectivity index (χ4v) is 23.3. The number of hydrogen-bond donors (Lipinski definition) is 14. The first-order valence-corrected chi connectivity index (χ1v) is 30.2. The topological polar surface area (TPSA) is 342 Å². The molecule has 20 heteroatoms. The SMILES string of the molecule is CC1(CO)CCC2(C(=O)O)C(C1)C1=CC3C#CC4CCCC45C(=O)NC(C(c4cnc[nH]4)C(O)CC(N)O)C5C4C=C5CCC1(C1Cc6[nH]cnc6NCC12)C1(C)CCC2C(C)(CO)C(OC6OCC(O)C(O)C6O)C(O)C4C2(C)C531. The van der Waals surface area contributed by atoms with Gasteiger partial charge < -0.3 is 81.8 Å². The van der Waals surface area contributed by atoms with Crippen molar-refractivity contribution in [1.29, 1.82) is 0 Å². The van der Waals surface area contributed by atoms with E-state index in [-0.39, 0.29) is 37.4 Å². The molecule has 3 aliphatic heterocycles. The molecule has 12 aliphatic rings. The lowest BCUT2D eigenvalue weighted by molar-refractivity contribution is -0.365. The number of H-pyrrole nitrogens is 2. The number of anilines is 1. The van der Waals surface area contributed by atoms with Gasteiger partial charge in [0.15, 0.2) is 6.29 Å². The summed E-state index contributed by atoms with van der Waals surface area (Å²) in [5.74, 6) is 2.08. The summed E-state index contributed by atoms with van der Waals surface area (Å²) in [7, 11) is 0. The largest absolute Gasteiger partial charge is 0.481 e. The smallest absolute Gasteiger partial charge is 0.310 e. The number of nitrogens with two attached hydrogens (primary N) is 1. The molecule has 0 aromatic carbocycles. The number of aliphatic hydroxyl groups excluding tert-OH is 8. The quantitative estimate of drug-likeness (QED) is 0.0701. The number of aromatic nitrogens is 4. The van der Waals surface area contributed by atoms with Crippen LogP contribution in [0.5, 0.6) is 0 Å². The molecule has 9 aliphatic carbocycles. The van der Waals surface area contributed by atoms with Crippen molar-refractivity contribution in [3.8, 4) is 11.8 Å². The van der Waals surface area contributed by atoms with Gasteiger partial charge in [-0.05, 0) is 110 Å². The van der Waals surface area contributed by atoms with Crippen molar-refractivity contribution < 1.29 is 65.0 Å². The zero-order chi connectivity index (χ0) is 56.9. The van der Waals surface area contributed by atoms with Gasteiger partial charge in [-0.1, -0.05) is 69.3 Å². The molecule has 15 N–H and O–H groups in total. The molecule has 3 spiro atoms. The highest BCUT2D eigenvalue weighted by Crippen LogP contribution is 2.90. The van der Waals surface area contributed by atoms with E-state index >= 15 is 4.79 Å².